The Bertz CT molecular complexity index is 247. The van der Waals surface area contributed by atoms with Gasteiger partial charge < -0.3 is 0 Å². The molecule has 0 fully saturated rings. The molecule has 1 aromatic heterocycles. The zero-order chi connectivity index (χ0) is 9.19. The maximum absolute atomic E-state index is 4.14. The number of nitrogens with zero attached hydrogens (tertiary/aromatic N) is 2. The minimum atomic E-state index is 0.324. The lowest BCUT2D eigenvalue weighted by Crippen LogP contribution is -2.08. The summed E-state index contributed by atoms with van der Waals surface area (Å²) in [6, 6.07) is 0. The van der Waals surface area contributed by atoms with Crippen LogP contribution in [0.3, 0.4) is 0 Å². The van der Waals surface area contributed by atoms with Gasteiger partial charge in [-0.05, 0) is 11.8 Å². The van der Waals surface area contributed by atoms with Crippen molar-refractivity contribution in [3.63, 3.8) is 0 Å². The van der Waals surface area contributed by atoms with Gasteiger partial charge in [-0.25, -0.2) is 0 Å². The van der Waals surface area contributed by atoms with Gasteiger partial charge in [-0.1, -0.05) is 27.7 Å². The van der Waals surface area contributed by atoms with Gasteiger partial charge in [0.15, 0.2) is 0 Å². The third-order valence-electron chi connectivity index (χ3n) is 1.49. The lowest BCUT2D eigenvalue weighted by atomic mass is 9.93. The number of hydrogen-bond acceptors (Lipinski definition) is 3. The summed E-state index contributed by atoms with van der Waals surface area (Å²) in [5, 5.41) is 10.5. The average Bonchev–Trinajstić information content (AvgIpc) is 2.32. The first-order valence-corrected chi connectivity index (χ1v) is 5.14. The summed E-state index contributed by atoms with van der Waals surface area (Å²) < 4.78 is 0. The molecule has 0 saturated heterocycles. The Hall–Kier alpha value is -0.440. The Labute approximate surface area is 78.0 Å². The molecule has 0 N–H and O–H groups in total. The van der Waals surface area contributed by atoms with Crippen molar-refractivity contribution in [3.8, 4) is 0 Å². The van der Waals surface area contributed by atoms with E-state index in [9.17, 15) is 0 Å². The predicted octanol–water partition coefficient (Wildman–Crippen LogP) is 2.69. The van der Waals surface area contributed by atoms with Gasteiger partial charge >= 0.3 is 0 Å². The lowest BCUT2D eigenvalue weighted by molar-refractivity contribution is 0.409. The van der Waals surface area contributed by atoms with Crippen LogP contribution in [0, 0.1) is 5.41 Å². The quantitative estimate of drug-likeness (QED) is 0.706. The summed E-state index contributed by atoms with van der Waals surface area (Å²) in [6.07, 6.45) is 2.03. The first kappa shape index (κ1) is 9.65. The van der Waals surface area contributed by atoms with Gasteiger partial charge in [0.1, 0.15) is 10.0 Å². The van der Waals surface area contributed by atoms with E-state index >= 15 is 0 Å². The van der Waals surface area contributed by atoms with E-state index in [0.29, 0.717) is 5.41 Å². The molecular weight excluding hydrogens is 168 g/mol. The minimum absolute atomic E-state index is 0.324. The molecule has 0 aromatic carbocycles. The monoisotopic (exact) mass is 184 g/mol. The molecule has 68 valence electrons. The molecule has 0 aliphatic carbocycles. The van der Waals surface area contributed by atoms with Crippen LogP contribution in [0.5, 0.6) is 0 Å². The highest BCUT2D eigenvalue weighted by Crippen LogP contribution is 2.22. The number of rotatable bonds is 2. The number of aromatic nitrogens is 2. The van der Waals surface area contributed by atoms with Crippen molar-refractivity contribution in [2.24, 2.45) is 5.41 Å². The van der Waals surface area contributed by atoms with Crippen LogP contribution in [0.1, 0.15) is 37.7 Å². The van der Waals surface area contributed by atoms with Crippen LogP contribution in [0.25, 0.3) is 0 Å². The summed E-state index contributed by atoms with van der Waals surface area (Å²) in [7, 11) is 0. The fourth-order valence-electron chi connectivity index (χ4n) is 0.956. The van der Waals surface area contributed by atoms with Gasteiger partial charge in [-0.3, -0.25) is 0 Å². The highest BCUT2D eigenvalue weighted by Gasteiger charge is 2.14. The van der Waals surface area contributed by atoms with Crippen molar-refractivity contribution in [3.05, 3.63) is 10.0 Å². The molecule has 0 amide bonds. The molecule has 0 atom stereocenters. The SMILES string of the molecule is CCc1nnc(CC(C)(C)C)s1. The van der Waals surface area contributed by atoms with E-state index in [1.807, 2.05) is 0 Å². The first-order valence-electron chi connectivity index (χ1n) is 4.32. The van der Waals surface area contributed by atoms with Crippen molar-refractivity contribution in [2.45, 2.75) is 40.5 Å². The average molecular weight is 184 g/mol. The maximum Gasteiger partial charge on any atom is 0.117 e. The van der Waals surface area contributed by atoms with Gasteiger partial charge in [0.2, 0.25) is 0 Å². The molecule has 0 spiro atoms. The molecule has 0 radical (unpaired) electrons. The van der Waals surface area contributed by atoms with E-state index in [1.54, 1.807) is 11.3 Å². The van der Waals surface area contributed by atoms with Gasteiger partial charge in [-0.2, -0.15) is 0 Å². The Morgan fingerprint density at radius 3 is 2.17 bits per heavy atom. The molecule has 12 heavy (non-hydrogen) atoms. The second-order valence-electron chi connectivity index (χ2n) is 4.18. The largest absolute Gasteiger partial charge is 0.144 e. The van der Waals surface area contributed by atoms with Crippen molar-refractivity contribution in [2.75, 3.05) is 0 Å². The fourth-order valence-corrected chi connectivity index (χ4v) is 2.04. The second-order valence-corrected chi connectivity index (χ2v) is 5.33. The minimum Gasteiger partial charge on any atom is -0.144 e. The molecule has 0 unspecified atom stereocenters. The van der Waals surface area contributed by atoms with Gasteiger partial charge in [0.05, 0.1) is 0 Å². The highest BCUT2D eigenvalue weighted by molar-refractivity contribution is 7.11. The summed E-state index contributed by atoms with van der Waals surface area (Å²) in [5.74, 6) is 0. The summed E-state index contributed by atoms with van der Waals surface area (Å²) >= 11 is 1.74. The molecular formula is C9H16N2S. The normalized spacial score (nSPS) is 12.0. The molecule has 0 bridgehead atoms. The number of aryl methyl sites for hydroxylation is 1. The van der Waals surface area contributed by atoms with Crippen molar-refractivity contribution in [1.29, 1.82) is 0 Å². The van der Waals surface area contributed by atoms with Crippen LogP contribution >= 0.6 is 11.3 Å². The summed E-state index contributed by atoms with van der Waals surface area (Å²) in [6.45, 7) is 8.78. The standard InChI is InChI=1S/C9H16N2S/c1-5-7-10-11-8(12-7)6-9(2,3)4/h5-6H2,1-4H3. The van der Waals surface area contributed by atoms with Crippen molar-refractivity contribution < 1.29 is 0 Å². The Morgan fingerprint density at radius 2 is 1.75 bits per heavy atom. The molecule has 1 heterocycles. The Balaban J connectivity index is 2.64. The van der Waals surface area contributed by atoms with E-state index in [4.69, 9.17) is 0 Å². The maximum atomic E-state index is 4.14. The van der Waals surface area contributed by atoms with Crippen molar-refractivity contribution >= 4 is 11.3 Å². The van der Waals surface area contributed by atoms with Crippen LogP contribution in [-0.2, 0) is 12.8 Å². The molecule has 0 aliphatic rings. The smallest absolute Gasteiger partial charge is 0.117 e. The van der Waals surface area contributed by atoms with Gasteiger partial charge in [0, 0.05) is 6.42 Å². The van der Waals surface area contributed by atoms with Crippen LogP contribution in [0.4, 0.5) is 0 Å². The first-order chi connectivity index (χ1) is 5.51. The van der Waals surface area contributed by atoms with E-state index < -0.39 is 0 Å². The van der Waals surface area contributed by atoms with E-state index in [0.717, 1.165) is 17.8 Å². The molecule has 0 aliphatic heterocycles. The highest BCUT2D eigenvalue weighted by atomic mass is 32.1. The van der Waals surface area contributed by atoms with E-state index in [2.05, 4.69) is 37.9 Å². The van der Waals surface area contributed by atoms with Gasteiger partial charge in [-0.15, -0.1) is 21.5 Å². The molecule has 3 heteroatoms. The van der Waals surface area contributed by atoms with Crippen LogP contribution in [0.15, 0.2) is 0 Å². The second kappa shape index (κ2) is 3.52. The zero-order valence-electron chi connectivity index (χ0n) is 8.22. The van der Waals surface area contributed by atoms with E-state index in [-0.39, 0.29) is 0 Å². The third kappa shape index (κ3) is 2.89. The summed E-state index contributed by atoms with van der Waals surface area (Å²) in [4.78, 5) is 0. The summed E-state index contributed by atoms with van der Waals surface area (Å²) in [5.41, 5.74) is 0.324. The van der Waals surface area contributed by atoms with Gasteiger partial charge in [0.25, 0.3) is 0 Å². The predicted molar refractivity (Wildman–Crippen MR) is 52.4 cm³/mol. The Morgan fingerprint density at radius 1 is 1.17 bits per heavy atom. The molecule has 1 aromatic rings. The fraction of sp³-hybridized carbons (Fsp3) is 0.778. The Kier molecular flexibility index (Phi) is 2.83. The molecule has 0 saturated carbocycles. The topological polar surface area (TPSA) is 25.8 Å². The van der Waals surface area contributed by atoms with Crippen molar-refractivity contribution in [1.82, 2.24) is 10.2 Å². The van der Waals surface area contributed by atoms with Crippen LogP contribution in [-0.4, -0.2) is 10.2 Å². The molecule has 1 rings (SSSR count). The zero-order valence-corrected chi connectivity index (χ0v) is 9.03. The number of hydrogen-bond donors (Lipinski definition) is 0. The van der Waals surface area contributed by atoms with E-state index in [1.165, 1.54) is 5.01 Å². The third-order valence-corrected chi connectivity index (χ3v) is 2.56. The van der Waals surface area contributed by atoms with Crippen LogP contribution < -0.4 is 0 Å². The molecule has 2 nitrogen and oxygen atoms in total. The lowest BCUT2D eigenvalue weighted by Gasteiger charge is -2.14. The van der Waals surface area contributed by atoms with Crippen LogP contribution in [0.2, 0.25) is 0 Å².